The quantitative estimate of drug-likeness (QED) is 0.273. The minimum atomic E-state index is -0.159. The number of rotatable bonds is 6. The van der Waals surface area contributed by atoms with Crippen LogP contribution < -0.4 is 0 Å². The molecule has 0 bridgehead atoms. The van der Waals surface area contributed by atoms with Crippen molar-refractivity contribution in [2.24, 2.45) is 0 Å². The van der Waals surface area contributed by atoms with Gasteiger partial charge in [0, 0.05) is 42.1 Å². The molecule has 2 aliphatic heterocycles. The second-order valence-electron chi connectivity index (χ2n) is 10.6. The lowest BCUT2D eigenvalue weighted by molar-refractivity contribution is 0.0788. The summed E-state index contributed by atoms with van der Waals surface area (Å²) in [6.45, 7) is 3.72. The standard InChI is InChI=1S/C32H32ClFN4O/c33-27-10-12-28(13-11-27)38-31(24-14-17-36(18-15-24)21-26-8-4-5-9-30(26)34)29(20-35-38)32(39)37-19-16-25(22-37)23-6-2-1-3-7-23/h1-13,20,24-25H,14-19,21-22H2. The van der Waals surface area contributed by atoms with Gasteiger partial charge in [0.25, 0.3) is 5.91 Å². The van der Waals surface area contributed by atoms with Crippen molar-refractivity contribution >= 4 is 17.5 Å². The van der Waals surface area contributed by atoms with Crippen LogP contribution in [0.3, 0.4) is 0 Å². The zero-order chi connectivity index (χ0) is 26.8. The highest BCUT2D eigenvalue weighted by Gasteiger charge is 2.34. The predicted molar refractivity (Wildman–Crippen MR) is 152 cm³/mol. The number of aromatic nitrogens is 2. The fourth-order valence-corrected chi connectivity index (χ4v) is 6.17. The molecular weight excluding hydrogens is 511 g/mol. The summed E-state index contributed by atoms with van der Waals surface area (Å²) >= 11 is 6.16. The third-order valence-corrected chi connectivity index (χ3v) is 8.43. The highest BCUT2D eigenvalue weighted by Crippen LogP contribution is 2.35. The van der Waals surface area contributed by atoms with E-state index in [0.29, 0.717) is 23.0 Å². The Balaban J connectivity index is 1.24. The average Bonchev–Trinajstić information content (AvgIpc) is 3.64. The number of carbonyl (C=O) groups is 1. The molecule has 200 valence electrons. The van der Waals surface area contributed by atoms with Crippen LogP contribution in [0.2, 0.25) is 5.02 Å². The number of carbonyl (C=O) groups excluding carboxylic acids is 1. The van der Waals surface area contributed by atoms with E-state index in [0.717, 1.165) is 62.4 Å². The Hall–Kier alpha value is -3.48. The molecule has 0 saturated carbocycles. The molecule has 0 N–H and O–H groups in total. The molecule has 1 aromatic heterocycles. The molecule has 2 saturated heterocycles. The predicted octanol–water partition coefficient (Wildman–Crippen LogP) is 6.67. The molecule has 39 heavy (non-hydrogen) atoms. The van der Waals surface area contributed by atoms with Gasteiger partial charge < -0.3 is 4.90 Å². The molecule has 1 amide bonds. The monoisotopic (exact) mass is 542 g/mol. The van der Waals surface area contributed by atoms with Crippen molar-refractivity contribution in [2.75, 3.05) is 26.2 Å². The Bertz CT molecular complexity index is 1430. The lowest BCUT2D eigenvalue weighted by Gasteiger charge is -2.33. The van der Waals surface area contributed by atoms with Crippen molar-refractivity contribution in [1.29, 1.82) is 0 Å². The second-order valence-corrected chi connectivity index (χ2v) is 11.1. The van der Waals surface area contributed by atoms with Crippen molar-refractivity contribution < 1.29 is 9.18 Å². The molecule has 3 heterocycles. The van der Waals surface area contributed by atoms with Crippen LogP contribution in [-0.2, 0) is 6.54 Å². The second kappa shape index (κ2) is 11.3. The first-order valence-corrected chi connectivity index (χ1v) is 14.1. The van der Waals surface area contributed by atoms with Crippen LogP contribution in [0.1, 0.15) is 58.3 Å². The van der Waals surface area contributed by atoms with Gasteiger partial charge in [-0.3, -0.25) is 9.69 Å². The molecule has 0 radical (unpaired) electrons. The van der Waals surface area contributed by atoms with E-state index in [9.17, 15) is 9.18 Å². The van der Waals surface area contributed by atoms with Crippen molar-refractivity contribution in [3.8, 4) is 5.69 Å². The van der Waals surface area contributed by atoms with Gasteiger partial charge in [0.15, 0.2) is 0 Å². The average molecular weight is 543 g/mol. The molecule has 5 nitrogen and oxygen atoms in total. The first-order valence-electron chi connectivity index (χ1n) is 13.7. The molecule has 1 unspecified atom stereocenters. The van der Waals surface area contributed by atoms with E-state index in [2.05, 4.69) is 29.2 Å². The smallest absolute Gasteiger partial charge is 0.257 e. The van der Waals surface area contributed by atoms with E-state index in [4.69, 9.17) is 16.7 Å². The van der Waals surface area contributed by atoms with Gasteiger partial charge in [-0.2, -0.15) is 5.10 Å². The normalized spacial score (nSPS) is 18.5. The molecule has 6 rings (SSSR count). The minimum Gasteiger partial charge on any atom is -0.338 e. The Labute approximate surface area is 233 Å². The largest absolute Gasteiger partial charge is 0.338 e. The van der Waals surface area contributed by atoms with Gasteiger partial charge in [0.1, 0.15) is 5.82 Å². The third kappa shape index (κ3) is 5.49. The molecule has 3 aromatic carbocycles. The number of hydrogen-bond acceptors (Lipinski definition) is 3. The highest BCUT2D eigenvalue weighted by atomic mass is 35.5. The number of halogens is 2. The van der Waals surface area contributed by atoms with Crippen LogP contribution in [0.5, 0.6) is 0 Å². The van der Waals surface area contributed by atoms with Crippen molar-refractivity contribution in [2.45, 2.75) is 37.6 Å². The molecule has 7 heteroatoms. The molecule has 2 fully saturated rings. The Morgan fingerprint density at radius 1 is 0.872 bits per heavy atom. The van der Waals surface area contributed by atoms with Crippen molar-refractivity contribution in [1.82, 2.24) is 19.6 Å². The fraction of sp³-hybridized carbons (Fsp3) is 0.312. The maximum Gasteiger partial charge on any atom is 0.257 e. The van der Waals surface area contributed by atoms with Gasteiger partial charge in [0.2, 0.25) is 0 Å². The van der Waals surface area contributed by atoms with E-state index < -0.39 is 0 Å². The van der Waals surface area contributed by atoms with Gasteiger partial charge in [-0.25, -0.2) is 9.07 Å². The number of nitrogens with zero attached hydrogens (tertiary/aromatic N) is 4. The summed E-state index contributed by atoms with van der Waals surface area (Å²) in [6.07, 6.45) is 4.46. The van der Waals surface area contributed by atoms with Gasteiger partial charge >= 0.3 is 0 Å². The van der Waals surface area contributed by atoms with Gasteiger partial charge in [0.05, 0.1) is 23.1 Å². The van der Waals surface area contributed by atoms with Crippen molar-refractivity contribution in [3.63, 3.8) is 0 Å². The van der Waals surface area contributed by atoms with E-state index >= 15 is 0 Å². The maximum absolute atomic E-state index is 14.2. The molecule has 4 aromatic rings. The summed E-state index contributed by atoms with van der Waals surface area (Å²) in [7, 11) is 0. The third-order valence-electron chi connectivity index (χ3n) is 8.18. The molecule has 1 atom stereocenters. The highest BCUT2D eigenvalue weighted by molar-refractivity contribution is 6.30. The number of amides is 1. The summed E-state index contributed by atoms with van der Waals surface area (Å²) in [5.41, 5.74) is 4.56. The Kier molecular flexibility index (Phi) is 7.49. The van der Waals surface area contributed by atoms with Crippen LogP contribution in [0.4, 0.5) is 4.39 Å². The van der Waals surface area contributed by atoms with Crippen LogP contribution in [0.25, 0.3) is 5.69 Å². The van der Waals surface area contributed by atoms with Crippen LogP contribution in [0.15, 0.2) is 85.1 Å². The van der Waals surface area contributed by atoms with Crippen LogP contribution in [-0.4, -0.2) is 51.7 Å². The first-order chi connectivity index (χ1) is 19.1. The summed E-state index contributed by atoms with van der Waals surface area (Å²) in [4.78, 5) is 18.2. The lowest BCUT2D eigenvalue weighted by Crippen LogP contribution is -2.34. The van der Waals surface area contributed by atoms with Crippen LogP contribution >= 0.6 is 11.6 Å². The van der Waals surface area contributed by atoms with E-state index in [1.165, 1.54) is 11.6 Å². The minimum absolute atomic E-state index is 0.0532. The number of benzene rings is 3. The summed E-state index contributed by atoms with van der Waals surface area (Å²) in [5.74, 6) is 0.420. The molecule has 2 aliphatic rings. The van der Waals surface area contributed by atoms with Crippen molar-refractivity contribution in [3.05, 3.63) is 118 Å². The summed E-state index contributed by atoms with van der Waals surface area (Å²) in [6, 6.07) is 25.0. The Morgan fingerprint density at radius 2 is 1.56 bits per heavy atom. The number of hydrogen-bond donors (Lipinski definition) is 0. The zero-order valence-corrected chi connectivity index (χ0v) is 22.6. The number of likely N-dealkylation sites (tertiary alicyclic amines) is 2. The zero-order valence-electron chi connectivity index (χ0n) is 21.8. The van der Waals surface area contributed by atoms with Gasteiger partial charge in [-0.05, 0) is 68.2 Å². The molecule has 0 spiro atoms. The number of piperidine rings is 1. The van der Waals surface area contributed by atoms with Crippen LogP contribution in [0, 0.1) is 5.82 Å². The van der Waals surface area contributed by atoms with Gasteiger partial charge in [-0.15, -0.1) is 0 Å². The maximum atomic E-state index is 14.2. The first kappa shape index (κ1) is 25.8. The van der Waals surface area contributed by atoms with Gasteiger partial charge in [-0.1, -0.05) is 60.1 Å². The van der Waals surface area contributed by atoms with E-state index in [-0.39, 0.29) is 17.6 Å². The lowest BCUT2D eigenvalue weighted by atomic mass is 9.90. The summed E-state index contributed by atoms with van der Waals surface area (Å²) in [5, 5.41) is 5.38. The van der Waals surface area contributed by atoms with E-state index in [1.807, 2.05) is 52.0 Å². The SMILES string of the molecule is O=C(c1cnn(-c2ccc(Cl)cc2)c1C1CCN(Cc2ccccc2F)CC1)N1CCC(c2ccccc2)C1. The Morgan fingerprint density at radius 3 is 2.31 bits per heavy atom. The summed E-state index contributed by atoms with van der Waals surface area (Å²) < 4.78 is 16.2. The van der Waals surface area contributed by atoms with E-state index in [1.54, 1.807) is 12.3 Å². The molecule has 0 aliphatic carbocycles. The topological polar surface area (TPSA) is 41.4 Å². The fourth-order valence-electron chi connectivity index (χ4n) is 6.05. The molecular formula is C32H32ClFN4O.